The van der Waals surface area contributed by atoms with Crippen LogP contribution in [0.25, 0.3) is 16.3 Å². The highest BCUT2D eigenvalue weighted by Crippen LogP contribution is 2.22. The quantitative estimate of drug-likeness (QED) is 0.545. The summed E-state index contributed by atoms with van der Waals surface area (Å²) < 4.78 is 3.29. The second-order valence-corrected chi connectivity index (χ2v) is 7.66. The van der Waals surface area contributed by atoms with Crippen molar-refractivity contribution >= 4 is 45.1 Å². The molecule has 0 bridgehead atoms. The van der Waals surface area contributed by atoms with Crippen LogP contribution in [0.2, 0.25) is 5.02 Å². The van der Waals surface area contributed by atoms with Gasteiger partial charge in [-0.05, 0) is 61.2 Å². The third-order valence-corrected chi connectivity index (χ3v) is 5.65. The molecule has 0 unspecified atom stereocenters. The lowest BCUT2D eigenvalue weighted by Gasteiger charge is -2.04. The molecule has 0 radical (unpaired) electrons. The third kappa shape index (κ3) is 3.97. The Morgan fingerprint density at radius 1 is 1.23 bits per heavy atom. The van der Waals surface area contributed by atoms with Gasteiger partial charge in [-0.3, -0.25) is 4.79 Å². The Hall–Kier alpha value is -2.17. The zero-order chi connectivity index (χ0) is 18.7. The molecule has 26 heavy (non-hydrogen) atoms. The largest absolute Gasteiger partial charge is 0.316 e. The average Bonchev–Trinajstić information content (AvgIpc) is 2.91. The molecular formula is C21H21ClN2OS. The molecule has 5 heteroatoms. The van der Waals surface area contributed by atoms with Crippen molar-refractivity contribution in [2.75, 3.05) is 0 Å². The molecule has 1 aromatic heterocycles. The van der Waals surface area contributed by atoms with Gasteiger partial charge in [0.25, 0.3) is 5.91 Å². The first-order chi connectivity index (χ1) is 12.5. The second kappa shape index (κ2) is 8.02. The molecule has 0 aliphatic heterocycles. The fourth-order valence-corrected chi connectivity index (χ4v) is 4.09. The fourth-order valence-electron chi connectivity index (χ4n) is 2.75. The summed E-state index contributed by atoms with van der Waals surface area (Å²) >= 11 is 7.68. The van der Waals surface area contributed by atoms with Gasteiger partial charge >= 0.3 is 0 Å². The third-order valence-electron chi connectivity index (χ3n) is 4.26. The van der Waals surface area contributed by atoms with Crippen molar-refractivity contribution in [3.63, 3.8) is 0 Å². The molecule has 1 heterocycles. The molecule has 134 valence electrons. The SMILES string of the molecule is CCCn1c(=NC(=O)/C=C/c2ccccc2Cl)sc2cc(C)c(C)cc21. The molecule has 0 saturated carbocycles. The Labute approximate surface area is 162 Å². The molecule has 0 N–H and O–H groups in total. The predicted molar refractivity (Wildman–Crippen MR) is 111 cm³/mol. The van der Waals surface area contributed by atoms with E-state index in [4.69, 9.17) is 11.6 Å². The molecule has 2 aromatic carbocycles. The van der Waals surface area contributed by atoms with Gasteiger partial charge in [-0.25, -0.2) is 0 Å². The number of fused-ring (bicyclic) bond motifs is 1. The van der Waals surface area contributed by atoms with E-state index in [-0.39, 0.29) is 5.91 Å². The maximum atomic E-state index is 12.4. The molecule has 0 aliphatic carbocycles. The standard InChI is InChI=1S/C21H21ClN2OS/c1-4-11-24-18-12-14(2)15(3)13-19(18)26-21(24)23-20(25)10-9-16-7-5-6-8-17(16)22/h5-10,12-13H,4,11H2,1-3H3/b10-9+,23-21?. The second-order valence-electron chi connectivity index (χ2n) is 6.25. The Kier molecular flexibility index (Phi) is 5.74. The topological polar surface area (TPSA) is 34.4 Å². The number of nitrogens with zero attached hydrogens (tertiary/aromatic N) is 2. The summed E-state index contributed by atoms with van der Waals surface area (Å²) in [6.45, 7) is 7.17. The summed E-state index contributed by atoms with van der Waals surface area (Å²) in [7, 11) is 0. The molecule has 1 amide bonds. The number of hydrogen-bond donors (Lipinski definition) is 0. The molecule has 3 rings (SSSR count). The number of halogens is 1. The van der Waals surface area contributed by atoms with Crippen LogP contribution >= 0.6 is 22.9 Å². The van der Waals surface area contributed by atoms with Crippen molar-refractivity contribution in [3.8, 4) is 0 Å². The van der Waals surface area contributed by atoms with Crippen molar-refractivity contribution in [2.24, 2.45) is 4.99 Å². The van der Waals surface area contributed by atoms with Crippen molar-refractivity contribution in [2.45, 2.75) is 33.7 Å². The van der Waals surface area contributed by atoms with E-state index in [9.17, 15) is 4.79 Å². The maximum Gasteiger partial charge on any atom is 0.272 e. The average molecular weight is 385 g/mol. The van der Waals surface area contributed by atoms with Crippen LogP contribution in [0.15, 0.2) is 47.5 Å². The number of aryl methyl sites for hydroxylation is 3. The zero-order valence-electron chi connectivity index (χ0n) is 15.1. The minimum Gasteiger partial charge on any atom is -0.316 e. The van der Waals surface area contributed by atoms with E-state index in [1.54, 1.807) is 23.5 Å². The minimum atomic E-state index is -0.283. The summed E-state index contributed by atoms with van der Waals surface area (Å²) in [5, 5.41) is 0.616. The highest BCUT2D eigenvalue weighted by molar-refractivity contribution is 7.16. The normalized spacial score (nSPS) is 12.4. The van der Waals surface area contributed by atoms with E-state index in [1.165, 1.54) is 17.2 Å². The lowest BCUT2D eigenvalue weighted by molar-refractivity contribution is -0.113. The van der Waals surface area contributed by atoms with Gasteiger partial charge in [0.1, 0.15) is 0 Å². The predicted octanol–water partition coefficient (Wildman–Crippen LogP) is 5.52. The van der Waals surface area contributed by atoms with Crippen LogP contribution in [-0.2, 0) is 11.3 Å². The van der Waals surface area contributed by atoms with Crippen LogP contribution in [-0.4, -0.2) is 10.5 Å². The van der Waals surface area contributed by atoms with Gasteiger partial charge in [0, 0.05) is 17.6 Å². The number of hydrogen-bond acceptors (Lipinski definition) is 2. The number of thiazole rings is 1. The molecule has 3 nitrogen and oxygen atoms in total. The summed E-state index contributed by atoms with van der Waals surface area (Å²) in [4.78, 5) is 17.4. The van der Waals surface area contributed by atoms with Crippen LogP contribution in [0.4, 0.5) is 0 Å². The van der Waals surface area contributed by atoms with Gasteiger partial charge in [0.05, 0.1) is 10.2 Å². The van der Waals surface area contributed by atoms with Gasteiger partial charge in [0.2, 0.25) is 0 Å². The summed E-state index contributed by atoms with van der Waals surface area (Å²) in [6, 6.07) is 11.8. The van der Waals surface area contributed by atoms with Gasteiger partial charge in [0.15, 0.2) is 4.80 Å². The Balaban J connectivity index is 2.01. The number of benzene rings is 2. The van der Waals surface area contributed by atoms with E-state index < -0.39 is 0 Å². The van der Waals surface area contributed by atoms with Gasteiger partial charge in [-0.15, -0.1) is 0 Å². The lowest BCUT2D eigenvalue weighted by atomic mass is 10.1. The van der Waals surface area contributed by atoms with Crippen molar-refractivity contribution in [1.29, 1.82) is 0 Å². The number of rotatable bonds is 4. The minimum absolute atomic E-state index is 0.283. The Morgan fingerprint density at radius 3 is 2.69 bits per heavy atom. The van der Waals surface area contributed by atoms with E-state index in [2.05, 4.69) is 42.5 Å². The molecular weight excluding hydrogens is 364 g/mol. The first kappa shape index (κ1) is 18.6. The van der Waals surface area contributed by atoms with Crippen molar-refractivity contribution in [1.82, 2.24) is 4.57 Å². The number of carbonyl (C=O) groups is 1. The van der Waals surface area contributed by atoms with E-state index in [0.717, 1.165) is 33.5 Å². The first-order valence-corrected chi connectivity index (χ1v) is 9.81. The smallest absolute Gasteiger partial charge is 0.272 e. The van der Waals surface area contributed by atoms with Gasteiger partial charge in [-0.2, -0.15) is 4.99 Å². The highest BCUT2D eigenvalue weighted by atomic mass is 35.5. The first-order valence-electron chi connectivity index (χ1n) is 8.61. The fraction of sp³-hybridized carbons (Fsp3) is 0.238. The van der Waals surface area contributed by atoms with E-state index in [0.29, 0.717) is 5.02 Å². The molecule has 0 atom stereocenters. The monoisotopic (exact) mass is 384 g/mol. The lowest BCUT2D eigenvalue weighted by Crippen LogP contribution is -2.16. The van der Waals surface area contributed by atoms with Crippen molar-refractivity contribution < 1.29 is 4.79 Å². The number of carbonyl (C=O) groups excluding carboxylic acids is 1. The summed E-state index contributed by atoms with van der Waals surface area (Å²) in [5.74, 6) is -0.283. The number of aromatic nitrogens is 1. The summed E-state index contributed by atoms with van der Waals surface area (Å²) in [5.41, 5.74) is 4.44. The van der Waals surface area contributed by atoms with Crippen LogP contribution in [0.1, 0.15) is 30.0 Å². The van der Waals surface area contributed by atoms with Crippen LogP contribution in [0, 0.1) is 13.8 Å². The highest BCUT2D eigenvalue weighted by Gasteiger charge is 2.08. The Bertz CT molecular complexity index is 1060. The van der Waals surface area contributed by atoms with Crippen LogP contribution < -0.4 is 4.80 Å². The maximum absolute atomic E-state index is 12.4. The molecule has 0 fully saturated rings. The van der Waals surface area contributed by atoms with Gasteiger partial charge in [-0.1, -0.05) is 48.1 Å². The number of amides is 1. The van der Waals surface area contributed by atoms with E-state index >= 15 is 0 Å². The van der Waals surface area contributed by atoms with Crippen LogP contribution in [0.3, 0.4) is 0 Å². The molecule has 0 aliphatic rings. The van der Waals surface area contributed by atoms with Crippen molar-refractivity contribution in [3.05, 3.63) is 69.0 Å². The molecule has 3 aromatic rings. The summed E-state index contributed by atoms with van der Waals surface area (Å²) in [6.07, 6.45) is 4.16. The Morgan fingerprint density at radius 2 is 1.96 bits per heavy atom. The van der Waals surface area contributed by atoms with E-state index in [1.807, 2.05) is 18.2 Å². The zero-order valence-corrected chi connectivity index (χ0v) is 16.7. The van der Waals surface area contributed by atoms with Gasteiger partial charge < -0.3 is 4.57 Å². The molecule has 0 saturated heterocycles. The van der Waals surface area contributed by atoms with Crippen LogP contribution in [0.5, 0.6) is 0 Å². The molecule has 0 spiro atoms.